The van der Waals surface area contributed by atoms with Gasteiger partial charge in [-0.2, -0.15) is 0 Å². The molecule has 0 fully saturated rings. The monoisotopic (exact) mass is 251 g/mol. The lowest BCUT2D eigenvalue weighted by Crippen LogP contribution is -2.07. The average molecular weight is 251 g/mol. The fourth-order valence-corrected chi connectivity index (χ4v) is 1.54. The zero-order valence-corrected chi connectivity index (χ0v) is 9.08. The molecule has 18 heavy (non-hydrogen) atoms. The Labute approximate surface area is 101 Å². The van der Waals surface area contributed by atoms with Crippen LogP contribution in [0.5, 0.6) is 0 Å². The van der Waals surface area contributed by atoms with Crippen LogP contribution in [-0.4, -0.2) is 5.78 Å². The van der Waals surface area contributed by atoms with E-state index < -0.39 is 28.8 Å². The van der Waals surface area contributed by atoms with Crippen LogP contribution < -0.4 is 5.73 Å². The summed E-state index contributed by atoms with van der Waals surface area (Å²) in [7, 11) is 0. The molecule has 0 bridgehead atoms. The Morgan fingerprint density at radius 1 is 1.00 bits per heavy atom. The molecule has 5 heteroatoms. The molecule has 2 aromatic carbocycles. The first kappa shape index (κ1) is 12.2. The lowest BCUT2D eigenvalue weighted by atomic mass is 10.0. The predicted molar refractivity (Wildman–Crippen MR) is 60.6 cm³/mol. The highest BCUT2D eigenvalue weighted by atomic mass is 19.2. The molecular weight excluding hydrogens is 243 g/mol. The second kappa shape index (κ2) is 4.52. The molecule has 0 aliphatic rings. The van der Waals surface area contributed by atoms with Gasteiger partial charge in [-0.15, -0.1) is 0 Å². The topological polar surface area (TPSA) is 43.1 Å². The molecule has 0 aliphatic carbocycles. The third-order valence-electron chi connectivity index (χ3n) is 2.43. The van der Waals surface area contributed by atoms with Crippen molar-refractivity contribution in [2.75, 3.05) is 5.73 Å². The van der Waals surface area contributed by atoms with Gasteiger partial charge >= 0.3 is 0 Å². The van der Waals surface area contributed by atoms with Crippen molar-refractivity contribution in [3.05, 3.63) is 65.0 Å². The third kappa shape index (κ3) is 2.07. The number of anilines is 1. The number of hydrogen-bond donors (Lipinski definition) is 1. The number of hydrogen-bond acceptors (Lipinski definition) is 2. The average Bonchev–Trinajstić information content (AvgIpc) is 2.35. The molecule has 2 N–H and O–H groups in total. The summed E-state index contributed by atoms with van der Waals surface area (Å²) in [5.74, 6) is -5.25. The van der Waals surface area contributed by atoms with Gasteiger partial charge in [-0.3, -0.25) is 4.79 Å². The summed E-state index contributed by atoms with van der Waals surface area (Å²) in [4.78, 5) is 11.9. The third-order valence-corrected chi connectivity index (χ3v) is 2.43. The Morgan fingerprint density at radius 3 is 2.39 bits per heavy atom. The number of ketones is 1. The minimum absolute atomic E-state index is 0.111. The van der Waals surface area contributed by atoms with E-state index in [2.05, 4.69) is 0 Å². The summed E-state index contributed by atoms with van der Waals surface area (Å²) in [5.41, 5.74) is 5.39. The highest BCUT2D eigenvalue weighted by molar-refractivity contribution is 6.09. The Balaban J connectivity index is 2.50. The van der Waals surface area contributed by atoms with Crippen molar-refractivity contribution in [1.29, 1.82) is 0 Å². The van der Waals surface area contributed by atoms with Crippen molar-refractivity contribution in [2.24, 2.45) is 0 Å². The largest absolute Gasteiger partial charge is 0.399 e. The van der Waals surface area contributed by atoms with E-state index in [0.717, 1.165) is 6.07 Å². The molecule has 2 rings (SSSR count). The van der Waals surface area contributed by atoms with Crippen LogP contribution >= 0.6 is 0 Å². The molecule has 0 spiro atoms. The highest BCUT2D eigenvalue weighted by Gasteiger charge is 2.19. The van der Waals surface area contributed by atoms with Crippen LogP contribution in [0.15, 0.2) is 36.4 Å². The Hall–Kier alpha value is -2.30. The molecule has 0 saturated carbocycles. The van der Waals surface area contributed by atoms with Gasteiger partial charge in [0.05, 0.1) is 5.56 Å². The van der Waals surface area contributed by atoms with Crippen LogP contribution in [0.4, 0.5) is 18.9 Å². The number of nitrogens with two attached hydrogens (primary N) is 1. The van der Waals surface area contributed by atoms with Crippen LogP contribution in [0.25, 0.3) is 0 Å². The van der Waals surface area contributed by atoms with E-state index in [-0.39, 0.29) is 5.56 Å². The normalized spacial score (nSPS) is 10.4. The van der Waals surface area contributed by atoms with Gasteiger partial charge in [0.1, 0.15) is 0 Å². The van der Waals surface area contributed by atoms with E-state index in [1.165, 1.54) is 18.2 Å². The van der Waals surface area contributed by atoms with Crippen molar-refractivity contribution in [2.45, 2.75) is 0 Å². The van der Waals surface area contributed by atoms with Crippen LogP contribution in [-0.2, 0) is 0 Å². The smallest absolute Gasteiger partial charge is 0.196 e. The summed E-state index contributed by atoms with van der Waals surface area (Å²) in [6, 6.07) is 7.43. The fraction of sp³-hybridized carbons (Fsp3) is 0. The lowest BCUT2D eigenvalue weighted by molar-refractivity contribution is 0.103. The van der Waals surface area contributed by atoms with Gasteiger partial charge < -0.3 is 5.73 Å². The molecule has 0 unspecified atom stereocenters. The molecule has 2 aromatic rings. The lowest BCUT2D eigenvalue weighted by Gasteiger charge is -2.04. The summed E-state index contributed by atoms with van der Waals surface area (Å²) < 4.78 is 39.2. The molecular formula is C13H8F3NO. The number of benzene rings is 2. The minimum atomic E-state index is -1.66. The van der Waals surface area contributed by atoms with Gasteiger partial charge in [0.25, 0.3) is 0 Å². The molecule has 0 heterocycles. The van der Waals surface area contributed by atoms with Crippen LogP contribution in [0.1, 0.15) is 15.9 Å². The summed E-state index contributed by atoms with van der Waals surface area (Å²) >= 11 is 0. The van der Waals surface area contributed by atoms with E-state index in [1.54, 1.807) is 6.07 Å². The second-order valence-electron chi connectivity index (χ2n) is 3.68. The van der Waals surface area contributed by atoms with Crippen molar-refractivity contribution >= 4 is 11.5 Å². The number of carbonyl (C=O) groups excluding carboxylic acids is 1. The van der Waals surface area contributed by atoms with Gasteiger partial charge in [-0.05, 0) is 24.3 Å². The zero-order chi connectivity index (χ0) is 13.3. The first-order valence-electron chi connectivity index (χ1n) is 5.04. The van der Waals surface area contributed by atoms with E-state index in [1.807, 2.05) is 0 Å². The van der Waals surface area contributed by atoms with Gasteiger partial charge in [0.15, 0.2) is 23.2 Å². The van der Waals surface area contributed by atoms with Crippen molar-refractivity contribution in [3.8, 4) is 0 Å². The van der Waals surface area contributed by atoms with E-state index in [4.69, 9.17) is 5.73 Å². The molecule has 0 amide bonds. The second-order valence-corrected chi connectivity index (χ2v) is 3.68. The van der Waals surface area contributed by atoms with Crippen LogP contribution in [0.3, 0.4) is 0 Å². The summed E-state index contributed by atoms with van der Waals surface area (Å²) in [6.07, 6.45) is 0. The van der Waals surface area contributed by atoms with Gasteiger partial charge in [-0.25, -0.2) is 13.2 Å². The minimum Gasteiger partial charge on any atom is -0.399 e. The maximum absolute atomic E-state index is 13.4. The van der Waals surface area contributed by atoms with Gasteiger partial charge in [0, 0.05) is 11.3 Å². The van der Waals surface area contributed by atoms with E-state index in [0.29, 0.717) is 11.8 Å². The molecule has 92 valence electrons. The van der Waals surface area contributed by atoms with Crippen molar-refractivity contribution in [3.63, 3.8) is 0 Å². The molecule has 0 aromatic heterocycles. The zero-order valence-electron chi connectivity index (χ0n) is 9.08. The van der Waals surface area contributed by atoms with Gasteiger partial charge in [-0.1, -0.05) is 12.1 Å². The highest BCUT2D eigenvalue weighted by Crippen LogP contribution is 2.19. The standard InChI is InChI=1S/C13H8F3NO/c14-10-5-4-9(11(15)12(10)16)13(18)7-2-1-3-8(17)6-7/h1-6H,17H2. The Bertz CT molecular complexity index is 626. The molecule has 0 saturated heterocycles. The Morgan fingerprint density at radius 2 is 1.72 bits per heavy atom. The van der Waals surface area contributed by atoms with E-state index in [9.17, 15) is 18.0 Å². The number of nitrogen functional groups attached to an aromatic ring is 1. The number of carbonyl (C=O) groups is 1. The quantitative estimate of drug-likeness (QED) is 0.506. The summed E-state index contributed by atoms with van der Waals surface area (Å²) in [5, 5.41) is 0. The van der Waals surface area contributed by atoms with Crippen LogP contribution in [0.2, 0.25) is 0 Å². The molecule has 0 radical (unpaired) electrons. The number of rotatable bonds is 2. The van der Waals surface area contributed by atoms with Crippen LogP contribution in [0, 0.1) is 17.5 Å². The van der Waals surface area contributed by atoms with Gasteiger partial charge in [0.2, 0.25) is 0 Å². The molecule has 0 aliphatic heterocycles. The maximum Gasteiger partial charge on any atom is 0.196 e. The first-order valence-corrected chi connectivity index (χ1v) is 5.04. The number of halogens is 3. The van der Waals surface area contributed by atoms with E-state index >= 15 is 0 Å². The SMILES string of the molecule is Nc1cccc(C(=O)c2ccc(F)c(F)c2F)c1. The fourth-order valence-electron chi connectivity index (χ4n) is 1.54. The maximum atomic E-state index is 13.4. The van der Waals surface area contributed by atoms with Crippen molar-refractivity contribution in [1.82, 2.24) is 0 Å². The first-order chi connectivity index (χ1) is 8.50. The predicted octanol–water partition coefficient (Wildman–Crippen LogP) is 2.92. The van der Waals surface area contributed by atoms with Crippen molar-refractivity contribution < 1.29 is 18.0 Å². The molecule has 2 nitrogen and oxygen atoms in total. The summed E-state index contributed by atoms with van der Waals surface area (Å²) in [6.45, 7) is 0. The Kier molecular flexibility index (Phi) is 3.06. The molecule has 0 atom stereocenters.